The summed E-state index contributed by atoms with van der Waals surface area (Å²) in [7, 11) is 5.23. The number of methoxy groups -OCH3 is 2. The molecule has 1 atom stereocenters. The van der Waals surface area contributed by atoms with E-state index in [2.05, 4.69) is 15.5 Å². The van der Waals surface area contributed by atoms with E-state index in [1.807, 2.05) is 18.9 Å². The number of anilines is 1. The maximum atomic E-state index is 5.67. The number of aromatic nitrogens is 2. The minimum Gasteiger partial charge on any atom is -0.406 e. The van der Waals surface area contributed by atoms with Gasteiger partial charge >= 0.3 is 6.01 Å². The Labute approximate surface area is 114 Å². The highest BCUT2D eigenvalue weighted by Gasteiger charge is 2.16. The van der Waals surface area contributed by atoms with Gasteiger partial charge in [0.25, 0.3) is 0 Å². The van der Waals surface area contributed by atoms with Gasteiger partial charge in [0.1, 0.15) is 0 Å². The molecule has 19 heavy (non-hydrogen) atoms. The van der Waals surface area contributed by atoms with Crippen molar-refractivity contribution in [3.05, 3.63) is 5.89 Å². The van der Waals surface area contributed by atoms with Crippen molar-refractivity contribution >= 4 is 6.01 Å². The summed E-state index contributed by atoms with van der Waals surface area (Å²) < 4.78 is 15.8. The molecule has 0 amide bonds. The molecular weight excluding hydrogens is 248 g/mol. The standard InChI is InChI=1S/C12H24N4O3/c1-10(13-2)11-14-15-12(19-11)16(7-9-18-4)6-5-8-17-3/h10,13H,5-9H2,1-4H3. The molecule has 1 unspecified atom stereocenters. The third kappa shape index (κ3) is 5.14. The van der Waals surface area contributed by atoms with Crippen LogP contribution in [0, 0.1) is 0 Å². The van der Waals surface area contributed by atoms with Crippen molar-refractivity contribution in [3.8, 4) is 0 Å². The Kier molecular flexibility index (Phi) is 7.39. The van der Waals surface area contributed by atoms with Crippen LogP contribution in [0.2, 0.25) is 0 Å². The quantitative estimate of drug-likeness (QED) is 0.633. The fraction of sp³-hybridized carbons (Fsp3) is 0.833. The van der Waals surface area contributed by atoms with Crippen LogP contribution in [-0.2, 0) is 9.47 Å². The molecule has 0 saturated heterocycles. The molecule has 7 nitrogen and oxygen atoms in total. The van der Waals surface area contributed by atoms with E-state index in [9.17, 15) is 0 Å². The number of nitrogens with one attached hydrogen (secondary N) is 1. The predicted octanol–water partition coefficient (Wildman–Crippen LogP) is 0.839. The number of ether oxygens (including phenoxy) is 2. The summed E-state index contributed by atoms with van der Waals surface area (Å²) in [6, 6.07) is 0.578. The molecule has 1 rings (SSSR count). The summed E-state index contributed by atoms with van der Waals surface area (Å²) in [5.74, 6) is 0.589. The zero-order valence-electron chi connectivity index (χ0n) is 12.2. The van der Waals surface area contributed by atoms with Crippen LogP contribution < -0.4 is 10.2 Å². The number of hydrogen-bond acceptors (Lipinski definition) is 7. The molecule has 0 aliphatic carbocycles. The molecule has 0 radical (unpaired) electrons. The van der Waals surface area contributed by atoms with E-state index in [4.69, 9.17) is 13.9 Å². The van der Waals surface area contributed by atoms with E-state index in [0.29, 0.717) is 25.1 Å². The predicted molar refractivity (Wildman–Crippen MR) is 72.4 cm³/mol. The van der Waals surface area contributed by atoms with Crippen molar-refractivity contribution in [2.45, 2.75) is 19.4 Å². The SMILES string of the molecule is CNC(C)c1nnc(N(CCCOC)CCOC)o1. The largest absolute Gasteiger partial charge is 0.406 e. The molecule has 0 saturated carbocycles. The van der Waals surface area contributed by atoms with E-state index >= 15 is 0 Å². The maximum absolute atomic E-state index is 5.67. The number of rotatable bonds is 10. The highest BCUT2D eigenvalue weighted by Crippen LogP contribution is 2.17. The van der Waals surface area contributed by atoms with Crippen molar-refractivity contribution in [2.24, 2.45) is 0 Å². The molecule has 0 aliphatic heterocycles. The minimum absolute atomic E-state index is 0.0458. The Balaban J connectivity index is 2.64. The van der Waals surface area contributed by atoms with E-state index < -0.39 is 0 Å². The van der Waals surface area contributed by atoms with E-state index in [-0.39, 0.29) is 6.04 Å². The Hall–Kier alpha value is -1.18. The first-order valence-electron chi connectivity index (χ1n) is 6.46. The number of hydrogen-bond donors (Lipinski definition) is 1. The first-order valence-corrected chi connectivity index (χ1v) is 6.46. The lowest BCUT2D eigenvalue weighted by Gasteiger charge is -2.19. The fourth-order valence-electron chi connectivity index (χ4n) is 1.56. The zero-order valence-corrected chi connectivity index (χ0v) is 12.2. The lowest BCUT2D eigenvalue weighted by atomic mass is 10.3. The van der Waals surface area contributed by atoms with Crippen LogP contribution in [0.5, 0.6) is 0 Å². The van der Waals surface area contributed by atoms with Crippen LogP contribution in [0.3, 0.4) is 0 Å². The Morgan fingerprint density at radius 2 is 1.95 bits per heavy atom. The molecular formula is C12H24N4O3. The topological polar surface area (TPSA) is 72.7 Å². The van der Waals surface area contributed by atoms with Crippen LogP contribution in [0.1, 0.15) is 25.3 Å². The average molecular weight is 272 g/mol. The summed E-state index contributed by atoms with van der Waals surface area (Å²) in [6.45, 7) is 4.81. The van der Waals surface area contributed by atoms with Crippen LogP contribution in [0.25, 0.3) is 0 Å². The Morgan fingerprint density at radius 3 is 2.58 bits per heavy atom. The van der Waals surface area contributed by atoms with E-state index in [0.717, 1.165) is 19.5 Å². The van der Waals surface area contributed by atoms with Gasteiger partial charge in [-0.1, -0.05) is 5.10 Å². The molecule has 1 N–H and O–H groups in total. The molecule has 7 heteroatoms. The van der Waals surface area contributed by atoms with Crippen molar-refractivity contribution in [2.75, 3.05) is 52.5 Å². The van der Waals surface area contributed by atoms with Crippen LogP contribution >= 0.6 is 0 Å². The molecule has 0 fully saturated rings. The zero-order chi connectivity index (χ0) is 14.1. The smallest absolute Gasteiger partial charge is 0.318 e. The molecule has 0 aromatic carbocycles. The highest BCUT2D eigenvalue weighted by molar-refractivity contribution is 5.24. The van der Waals surface area contributed by atoms with Crippen molar-refractivity contribution in [1.29, 1.82) is 0 Å². The lowest BCUT2D eigenvalue weighted by Crippen LogP contribution is -2.29. The average Bonchev–Trinajstić information content (AvgIpc) is 2.91. The molecule has 1 heterocycles. The van der Waals surface area contributed by atoms with Crippen LogP contribution in [0.4, 0.5) is 6.01 Å². The van der Waals surface area contributed by atoms with E-state index in [1.165, 1.54) is 0 Å². The summed E-state index contributed by atoms with van der Waals surface area (Å²) in [6.07, 6.45) is 0.902. The van der Waals surface area contributed by atoms with Crippen LogP contribution in [-0.4, -0.2) is 57.8 Å². The molecule has 1 aromatic rings. The normalized spacial score (nSPS) is 12.6. The van der Waals surface area contributed by atoms with Crippen molar-refractivity contribution in [3.63, 3.8) is 0 Å². The second-order valence-electron chi connectivity index (χ2n) is 4.26. The maximum Gasteiger partial charge on any atom is 0.318 e. The van der Waals surface area contributed by atoms with Gasteiger partial charge in [-0.3, -0.25) is 0 Å². The van der Waals surface area contributed by atoms with Crippen LogP contribution in [0.15, 0.2) is 4.42 Å². The van der Waals surface area contributed by atoms with Gasteiger partial charge in [-0.25, -0.2) is 0 Å². The third-order valence-electron chi connectivity index (χ3n) is 2.85. The molecule has 0 spiro atoms. The minimum atomic E-state index is 0.0458. The van der Waals surface area contributed by atoms with Gasteiger partial charge in [-0.2, -0.15) is 0 Å². The molecule has 0 aliphatic rings. The van der Waals surface area contributed by atoms with Crippen molar-refractivity contribution in [1.82, 2.24) is 15.5 Å². The van der Waals surface area contributed by atoms with Gasteiger partial charge in [-0.15, -0.1) is 5.10 Å². The second kappa shape index (κ2) is 8.84. The first kappa shape index (κ1) is 15.9. The summed E-state index contributed by atoms with van der Waals surface area (Å²) in [4.78, 5) is 2.02. The van der Waals surface area contributed by atoms with E-state index in [1.54, 1.807) is 14.2 Å². The summed E-state index contributed by atoms with van der Waals surface area (Å²) in [5.41, 5.74) is 0. The molecule has 0 bridgehead atoms. The summed E-state index contributed by atoms with van der Waals surface area (Å²) >= 11 is 0. The molecule has 1 aromatic heterocycles. The van der Waals surface area contributed by atoms with Gasteiger partial charge in [0.2, 0.25) is 5.89 Å². The lowest BCUT2D eigenvalue weighted by molar-refractivity contribution is 0.189. The van der Waals surface area contributed by atoms with Gasteiger partial charge < -0.3 is 24.1 Å². The fourth-order valence-corrected chi connectivity index (χ4v) is 1.56. The second-order valence-corrected chi connectivity index (χ2v) is 4.26. The highest BCUT2D eigenvalue weighted by atomic mass is 16.5. The van der Waals surface area contributed by atoms with Gasteiger partial charge in [0.15, 0.2) is 0 Å². The third-order valence-corrected chi connectivity index (χ3v) is 2.85. The monoisotopic (exact) mass is 272 g/mol. The Morgan fingerprint density at radius 1 is 1.21 bits per heavy atom. The molecule has 110 valence electrons. The summed E-state index contributed by atoms with van der Waals surface area (Å²) in [5, 5.41) is 11.2. The number of nitrogens with zero attached hydrogens (tertiary/aromatic N) is 3. The van der Waals surface area contributed by atoms with Gasteiger partial charge in [0, 0.05) is 33.9 Å². The van der Waals surface area contributed by atoms with Crippen molar-refractivity contribution < 1.29 is 13.9 Å². The Bertz CT molecular complexity index is 345. The van der Waals surface area contributed by atoms with Gasteiger partial charge in [-0.05, 0) is 20.4 Å². The first-order chi connectivity index (χ1) is 9.22. The van der Waals surface area contributed by atoms with Gasteiger partial charge in [0.05, 0.1) is 12.6 Å².